The molecule has 0 aliphatic carbocycles. The smallest absolute Gasteiger partial charge is 0.332 e. The fourth-order valence-corrected chi connectivity index (χ4v) is 3.69. The third kappa shape index (κ3) is 4.39. The first-order valence-electron chi connectivity index (χ1n) is 10.3. The molecule has 1 aromatic carbocycles. The Balaban J connectivity index is 1.32. The summed E-state index contributed by atoms with van der Waals surface area (Å²) in [6.07, 6.45) is 7.83. The van der Waals surface area contributed by atoms with Crippen LogP contribution in [0, 0.1) is 0 Å². The first-order chi connectivity index (χ1) is 15.4. The maximum absolute atomic E-state index is 12.5. The molecule has 0 aliphatic heterocycles. The van der Waals surface area contributed by atoms with E-state index in [1.165, 1.54) is 17.9 Å². The quantitative estimate of drug-likeness (QED) is 0.440. The number of aryl methyl sites for hydroxylation is 2. The van der Waals surface area contributed by atoms with Gasteiger partial charge in [-0.15, -0.1) is 0 Å². The molecule has 32 heavy (non-hydrogen) atoms. The monoisotopic (exact) mass is 435 g/mol. The Morgan fingerprint density at radius 3 is 2.69 bits per heavy atom. The number of carbonyl (C=O) groups excluding carboxylic acids is 1. The number of hydrogen-bond donors (Lipinski definition) is 1. The fourth-order valence-electron chi connectivity index (χ4n) is 3.69. The van der Waals surface area contributed by atoms with E-state index in [1.807, 2.05) is 29.0 Å². The molecule has 10 heteroatoms. The van der Waals surface area contributed by atoms with Gasteiger partial charge in [0.05, 0.1) is 12.7 Å². The van der Waals surface area contributed by atoms with E-state index in [2.05, 4.69) is 21.4 Å². The van der Waals surface area contributed by atoms with Crippen molar-refractivity contribution >= 4 is 17.1 Å². The van der Waals surface area contributed by atoms with E-state index < -0.39 is 5.69 Å². The molecule has 166 valence electrons. The standard InChI is InChI=1S/C22H25N7O3/c1-26-20-19(21(31)27(2)22(26)32)29(15-25-20)9-4-7-18(30)24-12-16-5-3-6-17(11-16)13-28-10-8-23-14-28/h3,5-6,8,10-11,14-15H,4,7,9,12-13H2,1-2H3,(H,24,30). The maximum atomic E-state index is 12.5. The van der Waals surface area contributed by atoms with Crippen LogP contribution >= 0.6 is 0 Å². The van der Waals surface area contributed by atoms with Crippen LogP contribution in [-0.4, -0.2) is 34.1 Å². The Bertz CT molecular complexity index is 1360. The lowest BCUT2D eigenvalue weighted by molar-refractivity contribution is -0.121. The van der Waals surface area contributed by atoms with Gasteiger partial charge >= 0.3 is 5.69 Å². The van der Waals surface area contributed by atoms with Crippen molar-refractivity contribution in [2.45, 2.75) is 32.5 Å². The van der Waals surface area contributed by atoms with Gasteiger partial charge in [0.15, 0.2) is 11.2 Å². The van der Waals surface area contributed by atoms with Crippen LogP contribution in [0.4, 0.5) is 0 Å². The van der Waals surface area contributed by atoms with Gasteiger partial charge in [0.25, 0.3) is 5.56 Å². The lowest BCUT2D eigenvalue weighted by atomic mass is 10.1. The number of fused-ring (bicyclic) bond motifs is 1. The molecule has 10 nitrogen and oxygen atoms in total. The molecule has 0 bridgehead atoms. The van der Waals surface area contributed by atoms with Crippen molar-refractivity contribution in [2.24, 2.45) is 14.1 Å². The van der Waals surface area contributed by atoms with Crippen LogP contribution in [0.1, 0.15) is 24.0 Å². The number of rotatable bonds is 8. The predicted octanol–water partition coefficient (Wildman–Crippen LogP) is 0.775. The Morgan fingerprint density at radius 1 is 1.09 bits per heavy atom. The van der Waals surface area contributed by atoms with E-state index in [-0.39, 0.29) is 11.5 Å². The number of benzene rings is 1. The highest BCUT2D eigenvalue weighted by Crippen LogP contribution is 2.09. The first-order valence-corrected chi connectivity index (χ1v) is 10.3. The van der Waals surface area contributed by atoms with Gasteiger partial charge in [-0.25, -0.2) is 14.8 Å². The van der Waals surface area contributed by atoms with Gasteiger partial charge in [-0.1, -0.05) is 24.3 Å². The zero-order chi connectivity index (χ0) is 22.7. The molecule has 0 saturated carbocycles. The van der Waals surface area contributed by atoms with Crippen LogP contribution in [0.25, 0.3) is 11.2 Å². The van der Waals surface area contributed by atoms with E-state index in [0.717, 1.165) is 22.2 Å². The Labute approximate surface area is 183 Å². The van der Waals surface area contributed by atoms with E-state index in [4.69, 9.17) is 0 Å². The van der Waals surface area contributed by atoms with Crippen LogP contribution in [-0.2, 0) is 38.5 Å². The summed E-state index contributed by atoms with van der Waals surface area (Å²) in [5.74, 6) is -0.0604. The van der Waals surface area contributed by atoms with Crippen LogP contribution in [0.2, 0.25) is 0 Å². The summed E-state index contributed by atoms with van der Waals surface area (Å²) in [5, 5.41) is 2.95. The minimum absolute atomic E-state index is 0.0604. The molecule has 0 radical (unpaired) electrons. The van der Waals surface area contributed by atoms with Gasteiger partial charge in [0, 0.05) is 52.5 Å². The molecule has 0 spiro atoms. The molecule has 3 heterocycles. The van der Waals surface area contributed by atoms with E-state index in [0.29, 0.717) is 37.1 Å². The number of nitrogens with zero attached hydrogens (tertiary/aromatic N) is 6. The fraction of sp³-hybridized carbons (Fsp3) is 0.318. The van der Waals surface area contributed by atoms with Gasteiger partial charge in [-0.05, 0) is 17.5 Å². The van der Waals surface area contributed by atoms with Gasteiger partial charge in [-0.3, -0.25) is 18.7 Å². The second-order valence-corrected chi connectivity index (χ2v) is 7.75. The highest BCUT2D eigenvalue weighted by Gasteiger charge is 2.14. The average molecular weight is 435 g/mol. The van der Waals surface area contributed by atoms with E-state index in [9.17, 15) is 14.4 Å². The molecule has 4 rings (SSSR count). The van der Waals surface area contributed by atoms with Crippen molar-refractivity contribution in [2.75, 3.05) is 0 Å². The molecule has 0 fully saturated rings. The molecule has 0 atom stereocenters. The first kappa shape index (κ1) is 21.3. The number of nitrogens with one attached hydrogen (secondary N) is 1. The van der Waals surface area contributed by atoms with Crippen molar-refractivity contribution in [1.29, 1.82) is 0 Å². The topological polar surface area (TPSA) is 109 Å². The van der Waals surface area contributed by atoms with Crippen LogP contribution in [0.3, 0.4) is 0 Å². The van der Waals surface area contributed by atoms with Gasteiger partial charge < -0.3 is 14.5 Å². The zero-order valence-corrected chi connectivity index (χ0v) is 18.1. The number of hydrogen-bond acceptors (Lipinski definition) is 5. The Kier molecular flexibility index (Phi) is 6.02. The molecular formula is C22H25N7O3. The lowest BCUT2D eigenvalue weighted by Crippen LogP contribution is -2.37. The number of aromatic nitrogens is 6. The summed E-state index contributed by atoms with van der Waals surface area (Å²) in [6.45, 7) is 1.64. The summed E-state index contributed by atoms with van der Waals surface area (Å²) < 4.78 is 6.10. The lowest BCUT2D eigenvalue weighted by Gasteiger charge is -2.09. The third-order valence-corrected chi connectivity index (χ3v) is 5.43. The highest BCUT2D eigenvalue weighted by atomic mass is 16.2. The second kappa shape index (κ2) is 9.04. The van der Waals surface area contributed by atoms with Crippen molar-refractivity contribution in [3.8, 4) is 0 Å². The van der Waals surface area contributed by atoms with Crippen LogP contribution < -0.4 is 16.6 Å². The summed E-state index contributed by atoms with van der Waals surface area (Å²) in [6, 6.07) is 8.07. The zero-order valence-electron chi connectivity index (χ0n) is 18.1. The minimum Gasteiger partial charge on any atom is -0.352 e. The van der Waals surface area contributed by atoms with E-state index in [1.54, 1.807) is 24.1 Å². The maximum Gasteiger partial charge on any atom is 0.332 e. The van der Waals surface area contributed by atoms with Crippen molar-refractivity contribution in [3.05, 3.63) is 81.3 Å². The summed E-state index contributed by atoms with van der Waals surface area (Å²) in [5.41, 5.74) is 2.07. The van der Waals surface area contributed by atoms with Gasteiger partial charge in [0.1, 0.15) is 0 Å². The normalized spacial score (nSPS) is 11.2. The molecule has 3 aromatic heterocycles. The van der Waals surface area contributed by atoms with Crippen molar-refractivity contribution in [3.63, 3.8) is 0 Å². The van der Waals surface area contributed by atoms with Crippen molar-refractivity contribution < 1.29 is 4.79 Å². The molecule has 0 saturated heterocycles. The number of imidazole rings is 2. The Morgan fingerprint density at radius 2 is 1.91 bits per heavy atom. The molecule has 1 amide bonds. The van der Waals surface area contributed by atoms with Crippen LogP contribution in [0.5, 0.6) is 0 Å². The summed E-state index contributed by atoms with van der Waals surface area (Å²) in [7, 11) is 3.03. The predicted molar refractivity (Wildman–Crippen MR) is 119 cm³/mol. The molecule has 4 aromatic rings. The average Bonchev–Trinajstić information content (AvgIpc) is 3.45. The largest absolute Gasteiger partial charge is 0.352 e. The minimum atomic E-state index is -0.416. The summed E-state index contributed by atoms with van der Waals surface area (Å²) in [4.78, 5) is 45.0. The molecule has 1 N–H and O–H groups in total. The molecule has 0 aliphatic rings. The SMILES string of the molecule is Cn1c(=O)c2c(ncn2CCCC(=O)NCc2cccc(Cn3ccnc3)c2)n(C)c1=O. The van der Waals surface area contributed by atoms with E-state index >= 15 is 0 Å². The second-order valence-electron chi connectivity index (χ2n) is 7.75. The number of amides is 1. The molecular weight excluding hydrogens is 410 g/mol. The van der Waals surface area contributed by atoms with Crippen molar-refractivity contribution in [1.82, 2.24) is 33.6 Å². The molecule has 0 unspecified atom stereocenters. The van der Waals surface area contributed by atoms with Gasteiger partial charge in [-0.2, -0.15) is 0 Å². The third-order valence-electron chi connectivity index (χ3n) is 5.43. The van der Waals surface area contributed by atoms with Crippen LogP contribution in [0.15, 0.2) is 58.9 Å². The number of carbonyl (C=O) groups is 1. The summed E-state index contributed by atoms with van der Waals surface area (Å²) >= 11 is 0. The highest BCUT2D eigenvalue weighted by molar-refractivity contribution is 5.75. The Hall–Kier alpha value is -3.95. The van der Waals surface area contributed by atoms with Gasteiger partial charge in [0.2, 0.25) is 5.91 Å².